The molecule has 132 valence electrons. The van der Waals surface area contributed by atoms with E-state index < -0.39 is 18.1 Å². The predicted octanol–water partition coefficient (Wildman–Crippen LogP) is 4.88. The molecular formula is C17H13ClF3NO3. The zero-order valence-electron chi connectivity index (χ0n) is 12.8. The van der Waals surface area contributed by atoms with Gasteiger partial charge in [-0.1, -0.05) is 41.9 Å². The van der Waals surface area contributed by atoms with Crippen LogP contribution < -0.4 is 5.32 Å². The van der Waals surface area contributed by atoms with E-state index in [1.54, 1.807) is 30.3 Å². The first kappa shape index (κ1) is 17.6. The average molecular weight is 372 g/mol. The second-order valence-corrected chi connectivity index (χ2v) is 5.84. The van der Waals surface area contributed by atoms with Gasteiger partial charge in [0.25, 0.3) is 0 Å². The van der Waals surface area contributed by atoms with Crippen molar-refractivity contribution in [3.63, 3.8) is 0 Å². The lowest BCUT2D eigenvalue weighted by Gasteiger charge is -2.38. The van der Waals surface area contributed by atoms with Gasteiger partial charge in [-0.25, -0.2) is 4.79 Å². The van der Waals surface area contributed by atoms with Crippen LogP contribution in [0.1, 0.15) is 11.1 Å². The number of nitrogens with one attached hydrogen (secondary N) is 1. The van der Waals surface area contributed by atoms with E-state index in [1.807, 2.05) is 0 Å². The molecule has 0 aliphatic carbocycles. The van der Waals surface area contributed by atoms with E-state index in [9.17, 15) is 18.0 Å². The monoisotopic (exact) mass is 371 g/mol. The van der Waals surface area contributed by atoms with Gasteiger partial charge in [-0.05, 0) is 30.2 Å². The van der Waals surface area contributed by atoms with Gasteiger partial charge in [0.15, 0.2) is 0 Å². The van der Waals surface area contributed by atoms with Gasteiger partial charge in [-0.3, -0.25) is 5.32 Å². The molecule has 1 unspecified atom stereocenters. The molecule has 0 saturated heterocycles. The highest BCUT2D eigenvalue weighted by Crippen LogP contribution is 2.49. The molecule has 1 heterocycles. The van der Waals surface area contributed by atoms with Crippen LogP contribution in [0.5, 0.6) is 0 Å². The number of hydrogen-bond acceptors (Lipinski definition) is 3. The zero-order valence-corrected chi connectivity index (χ0v) is 13.5. The topological polar surface area (TPSA) is 47.6 Å². The third-order valence-electron chi connectivity index (χ3n) is 3.72. The maximum atomic E-state index is 13.8. The Balaban J connectivity index is 1.94. The molecule has 4 nitrogen and oxygen atoms in total. The number of fused-ring (bicyclic) bond motifs is 1. The molecule has 1 amide bonds. The zero-order chi connectivity index (χ0) is 18.1. The van der Waals surface area contributed by atoms with E-state index >= 15 is 0 Å². The van der Waals surface area contributed by atoms with Gasteiger partial charge >= 0.3 is 18.1 Å². The molecule has 0 aromatic heterocycles. The molecule has 8 heteroatoms. The molecule has 0 bridgehead atoms. The Morgan fingerprint density at radius 1 is 1.16 bits per heavy atom. The number of ether oxygens (including phenoxy) is 2. The van der Waals surface area contributed by atoms with Crippen LogP contribution in [0.15, 0.2) is 48.5 Å². The summed E-state index contributed by atoms with van der Waals surface area (Å²) in [5, 5.41) is 2.29. The van der Waals surface area contributed by atoms with Gasteiger partial charge in [0, 0.05) is 5.02 Å². The highest BCUT2D eigenvalue weighted by atomic mass is 35.5. The Bertz CT molecular complexity index is 782. The van der Waals surface area contributed by atoms with Crippen LogP contribution in [-0.4, -0.2) is 18.9 Å². The molecular weight excluding hydrogens is 359 g/mol. The van der Waals surface area contributed by atoms with Crippen molar-refractivity contribution in [2.75, 3.05) is 11.9 Å². The summed E-state index contributed by atoms with van der Waals surface area (Å²) >= 11 is 5.83. The molecule has 2 aromatic rings. The SMILES string of the molecule is O=C1Nc2ccc(Cl)cc2C(OCCc2ccccc2)(C(F)(F)F)O1. The largest absolute Gasteiger partial charge is 0.460 e. The molecule has 3 rings (SSSR count). The second kappa shape index (κ2) is 6.57. The van der Waals surface area contributed by atoms with Crippen molar-refractivity contribution in [3.05, 3.63) is 64.7 Å². The molecule has 0 spiro atoms. The first-order valence-electron chi connectivity index (χ1n) is 7.36. The first-order chi connectivity index (χ1) is 11.8. The van der Waals surface area contributed by atoms with Gasteiger partial charge in [0.2, 0.25) is 0 Å². The van der Waals surface area contributed by atoms with Crippen molar-refractivity contribution in [1.29, 1.82) is 0 Å². The minimum atomic E-state index is -4.99. The third-order valence-corrected chi connectivity index (χ3v) is 3.96. The van der Waals surface area contributed by atoms with Crippen LogP contribution in [0.25, 0.3) is 0 Å². The Morgan fingerprint density at radius 3 is 2.56 bits per heavy atom. The molecule has 0 radical (unpaired) electrons. The fourth-order valence-corrected chi connectivity index (χ4v) is 2.75. The van der Waals surface area contributed by atoms with Crippen molar-refractivity contribution >= 4 is 23.4 Å². The Kier molecular flexibility index (Phi) is 4.62. The minimum Gasteiger partial charge on any atom is -0.402 e. The quantitative estimate of drug-likeness (QED) is 0.833. The number of cyclic esters (lactones) is 1. The van der Waals surface area contributed by atoms with Crippen molar-refractivity contribution in [2.45, 2.75) is 18.4 Å². The normalized spacial score (nSPS) is 19.8. The third kappa shape index (κ3) is 3.43. The maximum absolute atomic E-state index is 13.8. The van der Waals surface area contributed by atoms with E-state index in [2.05, 4.69) is 10.1 Å². The van der Waals surface area contributed by atoms with Gasteiger partial charge in [0.05, 0.1) is 17.9 Å². The van der Waals surface area contributed by atoms with Crippen LogP contribution in [0.4, 0.5) is 23.7 Å². The molecule has 2 aromatic carbocycles. The Morgan fingerprint density at radius 2 is 1.88 bits per heavy atom. The molecule has 1 aliphatic rings. The van der Waals surface area contributed by atoms with Gasteiger partial charge in [0.1, 0.15) is 0 Å². The van der Waals surface area contributed by atoms with Crippen LogP contribution >= 0.6 is 11.6 Å². The van der Waals surface area contributed by atoms with Crippen LogP contribution in [0, 0.1) is 0 Å². The Labute approximate surface area is 146 Å². The number of carbonyl (C=O) groups excluding carboxylic acids is 1. The lowest BCUT2D eigenvalue weighted by molar-refractivity contribution is -0.371. The summed E-state index contributed by atoms with van der Waals surface area (Å²) in [5.74, 6) is -3.20. The number of hydrogen-bond donors (Lipinski definition) is 1. The highest BCUT2D eigenvalue weighted by Gasteiger charge is 2.64. The number of alkyl halides is 3. The molecule has 1 N–H and O–H groups in total. The van der Waals surface area contributed by atoms with Crippen molar-refractivity contribution in [2.24, 2.45) is 0 Å². The van der Waals surface area contributed by atoms with E-state index in [-0.39, 0.29) is 29.3 Å². The molecule has 1 aliphatic heterocycles. The summed E-state index contributed by atoms with van der Waals surface area (Å²) in [5.41, 5.74) is 0.351. The molecule has 0 fully saturated rings. The van der Waals surface area contributed by atoms with E-state index in [0.29, 0.717) is 0 Å². The molecule has 0 saturated carbocycles. The Hall–Kier alpha value is -2.25. The summed E-state index contributed by atoms with van der Waals surface area (Å²) in [7, 11) is 0. The number of halogens is 4. The van der Waals surface area contributed by atoms with Gasteiger partial charge in [-0.2, -0.15) is 13.2 Å². The fourth-order valence-electron chi connectivity index (χ4n) is 2.58. The van der Waals surface area contributed by atoms with Gasteiger partial charge < -0.3 is 9.47 Å². The predicted molar refractivity (Wildman–Crippen MR) is 85.4 cm³/mol. The summed E-state index contributed by atoms with van der Waals surface area (Å²) in [6.07, 6.45) is -6.01. The highest BCUT2D eigenvalue weighted by molar-refractivity contribution is 6.30. The van der Waals surface area contributed by atoms with Crippen LogP contribution in [0.3, 0.4) is 0 Å². The number of rotatable bonds is 4. The second-order valence-electron chi connectivity index (χ2n) is 5.40. The summed E-state index contributed by atoms with van der Waals surface area (Å²) < 4.78 is 51.2. The number of amides is 1. The first-order valence-corrected chi connectivity index (χ1v) is 7.74. The van der Waals surface area contributed by atoms with E-state index in [4.69, 9.17) is 16.3 Å². The average Bonchev–Trinajstić information content (AvgIpc) is 2.55. The molecule has 25 heavy (non-hydrogen) atoms. The minimum absolute atomic E-state index is 0.0577. The van der Waals surface area contributed by atoms with Crippen molar-refractivity contribution < 1.29 is 27.4 Å². The summed E-state index contributed by atoms with van der Waals surface area (Å²) in [4.78, 5) is 11.7. The van der Waals surface area contributed by atoms with E-state index in [1.165, 1.54) is 12.1 Å². The summed E-state index contributed by atoms with van der Waals surface area (Å²) in [6.45, 7) is -0.303. The fraction of sp³-hybridized carbons (Fsp3) is 0.235. The van der Waals surface area contributed by atoms with Gasteiger partial charge in [-0.15, -0.1) is 0 Å². The van der Waals surface area contributed by atoms with Crippen molar-refractivity contribution in [3.8, 4) is 0 Å². The van der Waals surface area contributed by atoms with Crippen molar-refractivity contribution in [1.82, 2.24) is 0 Å². The number of carbonyl (C=O) groups is 1. The van der Waals surface area contributed by atoms with E-state index in [0.717, 1.165) is 11.6 Å². The number of anilines is 1. The lowest BCUT2D eigenvalue weighted by atomic mass is 10.0. The lowest BCUT2D eigenvalue weighted by Crippen LogP contribution is -2.52. The number of benzene rings is 2. The van der Waals surface area contributed by atoms with Crippen LogP contribution in [0.2, 0.25) is 5.02 Å². The smallest absolute Gasteiger partial charge is 0.402 e. The summed E-state index contributed by atoms with van der Waals surface area (Å²) in [6, 6.07) is 12.6. The standard InChI is InChI=1S/C17H13ClF3NO3/c18-12-6-7-14-13(10-12)16(17(19,20)21,25-15(23)22-14)24-9-8-11-4-2-1-3-5-11/h1-7,10H,8-9H2,(H,22,23). The van der Waals surface area contributed by atoms with Crippen LogP contribution in [-0.2, 0) is 21.7 Å². The maximum Gasteiger partial charge on any atom is 0.460 e. The molecule has 1 atom stereocenters.